The Hall–Kier alpha value is -2.59. The van der Waals surface area contributed by atoms with Gasteiger partial charge in [0.05, 0.1) is 0 Å². The first-order chi connectivity index (χ1) is 11.6. The Morgan fingerprint density at radius 1 is 1.04 bits per heavy atom. The third kappa shape index (κ3) is 4.03. The average Bonchev–Trinajstić information content (AvgIpc) is 2.58. The highest BCUT2D eigenvalue weighted by Gasteiger charge is 2.07. The lowest BCUT2D eigenvalue weighted by molar-refractivity contribution is 0.873. The van der Waals surface area contributed by atoms with Crippen molar-refractivity contribution in [3.05, 3.63) is 76.9 Å². The fourth-order valence-corrected chi connectivity index (χ4v) is 2.66. The molecule has 3 rings (SSSR count). The van der Waals surface area contributed by atoms with E-state index < -0.39 is 0 Å². The van der Waals surface area contributed by atoms with E-state index >= 15 is 0 Å². The third-order valence-electron chi connectivity index (χ3n) is 3.75. The van der Waals surface area contributed by atoms with E-state index in [1.54, 1.807) is 6.20 Å². The largest absolute Gasteiger partial charge is 0.363 e. The summed E-state index contributed by atoms with van der Waals surface area (Å²) >= 11 is 5.99. The SMILES string of the molecule is Cc1cc(Cl)ccc1Nc1nccc(NC(C)c2ccccc2)n1. The van der Waals surface area contributed by atoms with Crippen LogP contribution in [0.4, 0.5) is 17.5 Å². The molecule has 0 saturated carbocycles. The molecule has 0 fully saturated rings. The Labute approximate surface area is 146 Å². The molecule has 2 aromatic carbocycles. The van der Waals surface area contributed by atoms with Crippen molar-refractivity contribution in [1.82, 2.24) is 9.97 Å². The molecule has 2 N–H and O–H groups in total. The summed E-state index contributed by atoms with van der Waals surface area (Å²) in [7, 11) is 0. The minimum absolute atomic E-state index is 0.159. The van der Waals surface area contributed by atoms with Crippen LogP contribution in [0.3, 0.4) is 0 Å². The number of nitrogens with one attached hydrogen (secondary N) is 2. The van der Waals surface area contributed by atoms with Crippen LogP contribution in [0.25, 0.3) is 0 Å². The van der Waals surface area contributed by atoms with Crippen LogP contribution in [0.15, 0.2) is 60.8 Å². The highest BCUT2D eigenvalue weighted by molar-refractivity contribution is 6.30. The molecular weight excluding hydrogens is 320 g/mol. The maximum absolute atomic E-state index is 5.99. The van der Waals surface area contributed by atoms with Gasteiger partial charge in [0, 0.05) is 22.9 Å². The monoisotopic (exact) mass is 338 g/mol. The lowest BCUT2D eigenvalue weighted by Gasteiger charge is -2.15. The van der Waals surface area contributed by atoms with Crippen LogP contribution in [-0.4, -0.2) is 9.97 Å². The second kappa shape index (κ2) is 7.32. The molecule has 3 aromatic rings. The van der Waals surface area contributed by atoms with Crippen molar-refractivity contribution >= 4 is 29.1 Å². The van der Waals surface area contributed by atoms with Crippen LogP contribution < -0.4 is 10.6 Å². The molecule has 1 atom stereocenters. The standard InChI is InChI=1S/C19H19ClN4/c1-13-12-16(20)8-9-17(13)23-19-21-11-10-18(24-19)22-14(2)15-6-4-3-5-7-15/h3-12,14H,1-2H3,(H2,21,22,23,24). The summed E-state index contributed by atoms with van der Waals surface area (Å²) in [5.41, 5.74) is 3.19. The van der Waals surface area contributed by atoms with Crippen molar-refractivity contribution in [2.75, 3.05) is 10.6 Å². The molecule has 0 saturated heterocycles. The van der Waals surface area contributed by atoms with Gasteiger partial charge in [-0.3, -0.25) is 0 Å². The molecule has 0 aliphatic carbocycles. The van der Waals surface area contributed by atoms with Crippen LogP contribution >= 0.6 is 11.6 Å². The predicted octanol–water partition coefficient (Wildman–Crippen LogP) is 5.36. The molecular formula is C19H19ClN4. The van der Waals surface area contributed by atoms with Gasteiger partial charge in [-0.1, -0.05) is 41.9 Å². The van der Waals surface area contributed by atoms with Crippen molar-refractivity contribution < 1.29 is 0 Å². The molecule has 0 amide bonds. The Morgan fingerprint density at radius 3 is 2.58 bits per heavy atom. The zero-order valence-electron chi connectivity index (χ0n) is 13.6. The van der Waals surface area contributed by atoms with E-state index in [0.29, 0.717) is 11.0 Å². The number of hydrogen-bond donors (Lipinski definition) is 2. The number of aromatic nitrogens is 2. The van der Waals surface area contributed by atoms with Gasteiger partial charge in [-0.05, 0) is 49.2 Å². The molecule has 122 valence electrons. The Kier molecular flexibility index (Phi) is 4.96. The van der Waals surface area contributed by atoms with Gasteiger partial charge in [0.1, 0.15) is 5.82 Å². The quantitative estimate of drug-likeness (QED) is 0.658. The summed E-state index contributed by atoms with van der Waals surface area (Å²) in [6, 6.07) is 18.0. The van der Waals surface area contributed by atoms with Crippen molar-refractivity contribution in [2.24, 2.45) is 0 Å². The van der Waals surface area contributed by atoms with E-state index in [-0.39, 0.29) is 6.04 Å². The summed E-state index contributed by atoms with van der Waals surface area (Å²) in [6.07, 6.45) is 1.74. The number of rotatable bonds is 5. The third-order valence-corrected chi connectivity index (χ3v) is 3.99. The summed E-state index contributed by atoms with van der Waals surface area (Å²) in [5, 5.41) is 7.34. The van der Waals surface area contributed by atoms with Crippen LogP contribution in [0.1, 0.15) is 24.1 Å². The maximum Gasteiger partial charge on any atom is 0.229 e. The van der Waals surface area contributed by atoms with Crippen molar-refractivity contribution in [3.63, 3.8) is 0 Å². The summed E-state index contributed by atoms with van der Waals surface area (Å²) < 4.78 is 0. The second-order valence-corrected chi connectivity index (χ2v) is 6.06. The van der Waals surface area contributed by atoms with Crippen molar-refractivity contribution in [1.29, 1.82) is 0 Å². The van der Waals surface area contributed by atoms with Gasteiger partial charge < -0.3 is 10.6 Å². The minimum Gasteiger partial charge on any atom is -0.363 e. The minimum atomic E-state index is 0.159. The zero-order chi connectivity index (χ0) is 16.9. The normalized spacial score (nSPS) is 11.8. The smallest absolute Gasteiger partial charge is 0.229 e. The second-order valence-electron chi connectivity index (χ2n) is 5.63. The predicted molar refractivity (Wildman–Crippen MR) is 100.0 cm³/mol. The van der Waals surface area contributed by atoms with Gasteiger partial charge in [-0.25, -0.2) is 4.98 Å². The molecule has 0 aliphatic rings. The molecule has 0 aliphatic heterocycles. The number of anilines is 3. The van der Waals surface area contributed by atoms with E-state index in [0.717, 1.165) is 17.1 Å². The molecule has 5 heteroatoms. The molecule has 1 unspecified atom stereocenters. The van der Waals surface area contributed by atoms with Gasteiger partial charge in [0.25, 0.3) is 0 Å². The highest BCUT2D eigenvalue weighted by atomic mass is 35.5. The number of benzene rings is 2. The Morgan fingerprint density at radius 2 is 1.83 bits per heavy atom. The van der Waals surface area contributed by atoms with E-state index in [2.05, 4.69) is 39.7 Å². The Bertz CT molecular complexity index is 821. The number of hydrogen-bond acceptors (Lipinski definition) is 4. The van der Waals surface area contributed by atoms with Gasteiger partial charge in [-0.2, -0.15) is 4.98 Å². The van der Waals surface area contributed by atoms with Gasteiger partial charge in [-0.15, -0.1) is 0 Å². The topological polar surface area (TPSA) is 49.8 Å². The van der Waals surface area contributed by atoms with Gasteiger partial charge >= 0.3 is 0 Å². The van der Waals surface area contributed by atoms with Crippen LogP contribution in [0.5, 0.6) is 0 Å². The first-order valence-electron chi connectivity index (χ1n) is 7.79. The summed E-state index contributed by atoms with van der Waals surface area (Å²) in [6.45, 7) is 4.10. The highest BCUT2D eigenvalue weighted by Crippen LogP contribution is 2.23. The van der Waals surface area contributed by atoms with Crippen LogP contribution in [0, 0.1) is 6.92 Å². The molecule has 1 aromatic heterocycles. The summed E-state index contributed by atoms with van der Waals surface area (Å²) in [5.74, 6) is 1.32. The average molecular weight is 339 g/mol. The van der Waals surface area contributed by atoms with E-state index in [1.165, 1.54) is 5.56 Å². The van der Waals surface area contributed by atoms with Gasteiger partial charge in [0.15, 0.2) is 0 Å². The molecule has 0 radical (unpaired) electrons. The first kappa shape index (κ1) is 16.3. The van der Waals surface area contributed by atoms with E-state index in [9.17, 15) is 0 Å². The van der Waals surface area contributed by atoms with Gasteiger partial charge in [0.2, 0.25) is 5.95 Å². The molecule has 1 heterocycles. The van der Waals surface area contributed by atoms with Crippen LogP contribution in [-0.2, 0) is 0 Å². The Balaban J connectivity index is 1.74. The van der Waals surface area contributed by atoms with E-state index in [4.69, 9.17) is 11.6 Å². The van der Waals surface area contributed by atoms with Crippen LogP contribution in [0.2, 0.25) is 5.02 Å². The van der Waals surface area contributed by atoms with Crippen molar-refractivity contribution in [3.8, 4) is 0 Å². The molecule has 0 bridgehead atoms. The number of halogens is 1. The molecule has 0 spiro atoms. The number of nitrogens with zero attached hydrogens (tertiary/aromatic N) is 2. The van der Waals surface area contributed by atoms with Crippen molar-refractivity contribution in [2.45, 2.75) is 19.9 Å². The fraction of sp³-hybridized carbons (Fsp3) is 0.158. The maximum atomic E-state index is 5.99. The first-order valence-corrected chi connectivity index (χ1v) is 8.17. The summed E-state index contributed by atoms with van der Waals surface area (Å²) in [4.78, 5) is 8.81. The van der Waals surface area contributed by atoms with E-state index in [1.807, 2.05) is 49.4 Å². The molecule has 24 heavy (non-hydrogen) atoms. The number of aryl methyl sites for hydroxylation is 1. The lowest BCUT2D eigenvalue weighted by Crippen LogP contribution is -2.09. The molecule has 4 nitrogen and oxygen atoms in total. The fourth-order valence-electron chi connectivity index (χ4n) is 2.43. The zero-order valence-corrected chi connectivity index (χ0v) is 14.4. The lowest BCUT2D eigenvalue weighted by atomic mass is 10.1.